The van der Waals surface area contributed by atoms with E-state index in [9.17, 15) is 13.5 Å². The maximum absolute atomic E-state index is 13.4. The van der Waals surface area contributed by atoms with Gasteiger partial charge in [0.1, 0.15) is 12.4 Å². The van der Waals surface area contributed by atoms with Crippen LogP contribution in [0.4, 0.5) is 5.69 Å². The van der Waals surface area contributed by atoms with Gasteiger partial charge in [-0.1, -0.05) is 18.7 Å². The van der Waals surface area contributed by atoms with Crippen LogP contribution in [0, 0.1) is 11.3 Å². The Morgan fingerprint density at radius 1 is 1.10 bits per heavy atom. The summed E-state index contributed by atoms with van der Waals surface area (Å²) in [4.78, 5) is 1.89. The summed E-state index contributed by atoms with van der Waals surface area (Å²) in [7, 11) is 0.812. The zero-order valence-electron chi connectivity index (χ0n) is 24.0. The molecule has 0 saturated carbocycles. The van der Waals surface area contributed by atoms with E-state index in [2.05, 4.69) is 27.3 Å². The Morgan fingerprint density at radius 3 is 2.40 bits per heavy atom. The molecule has 0 unspecified atom stereocenters. The number of sulfonamides is 1. The van der Waals surface area contributed by atoms with Crippen LogP contribution in [0.5, 0.6) is 17.2 Å². The van der Waals surface area contributed by atoms with Crippen molar-refractivity contribution in [3.8, 4) is 23.3 Å². The van der Waals surface area contributed by atoms with Crippen LogP contribution in [0.1, 0.15) is 12.5 Å². The summed E-state index contributed by atoms with van der Waals surface area (Å²) in [6, 6.07) is 10.9. The molecular formula is C29H36N6O6S. The van der Waals surface area contributed by atoms with E-state index in [0.717, 1.165) is 0 Å². The molecule has 2 aromatic rings. The standard InChI is InChI=1S/C29H36N6O6S/c1-6-8-24-23(7-2)31-28(29(32-24)34-42(37,38)22-11-9-20(19-30)10-12-22)33-25-17-21(39-4)18-26(40-5)27(25)41-16-14-35(3)13-15-36/h6-12,17-18,31-34,36H,1,13-16H2,2-5H3/b23-7+,24-8+. The van der Waals surface area contributed by atoms with Gasteiger partial charge in [0.05, 0.1) is 54.4 Å². The highest BCUT2D eigenvalue weighted by molar-refractivity contribution is 7.89. The van der Waals surface area contributed by atoms with E-state index in [-0.39, 0.29) is 29.8 Å². The number of ether oxygens (including phenoxy) is 3. The van der Waals surface area contributed by atoms with Crippen molar-refractivity contribution in [2.75, 3.05) is 52.9 Å². The SMILES string of the molecule is C=C/C=C1/NC(NS(=O)(=O)c2ccc(C#N)cc2)=C(Nc2cc(OC)cc(OC)c2OCCN(C)CCO)N/C1=C/C. The van der Waals surface area contributed by atoms with Gasteiger partial charge in [-0.05, 0) is 44.3 Å². The van der Waals surface area contributed by atoms with Gasteiger partial charge in [0.25, 0.3) is 10.0 Å². The van der Waals surface area contributed by atoms with E-state index in [1.54, 1.807) is 24.3 Å². The molecule has 1 aliphatic heterocycles. The summed E-state index contributed by atoms with van der Waals surface area (Å²) < 4.78 is 46.5. The quantitative estimate of drug-likeness (QED) is 0.218. The number of anilines is 1. The molecule has 0 bridgehead atoms. The average Bonchev–Trinajstić information content (AvgIpc) is 2.98. The third-order valence-electron chi connectivity index (χ3n) is 6.11. The summed E-state index contributed by atoms with van der Waals surface area (Å²) in [6.45, 7) is 6.91. The van der Waals surface area contributed by atoms with Crippen molar-refractivity contribution >= 4 is 15.7 Å². The van der Waals surface area contributed by atoms with Crippen LogP contribution >= 0.6 is 0 Å². The predicted molar refractivity (Wildman–Crippen MR) is 160 cm³/mol. The van der Waals surface area contributed by atoms with Crippen molar-refractivity contribution in [3.05, 3.63) is 89.8 Å². The van der Waals surface area contributed by atoms with Crippen LogP contribution < -0.4 is 34.9 Å². The summed E-state index contributed by atoms with van der Waals surface area (Å²) in [5, 5.41) is 27.9. The number of nitrogens with zero attached hydrogens (tertiary/aromatic N) is 2. The molecule has 0 spiro atoms. The molecule has 3 rings (SSSR count). The van der Waals surface area contributed by atoms with Gasteiger partial charge in [-0.15, -0.1) is 0 Å². The van der Waals surface area contributed by atoms with Gasteiger partial charge in [-0.3, -0.25) is 4.72 Å². The molecule has 0 radical (unpaired) electrons. The molecule has 224 valence electrons. The summed E-state index contributed by atoms with van der Waals surface area (Å²) in [5.41, 5.74) is 2.00. The molecule has 0 aromatic heterocycles. The topological polar surface area (TPSA) is 157 Å². The first-order valence-corrected chi connectivity index (χ1v) is 14.4. The van der Waals surface area contributed by atoms with Crippen LogP contribution in [0.2, 0.25) is 0 Å². The molecule has 0 aliphatic carbocycles. The molecule has 13 heteroatoms. The molecule has 0 atom stereocenters. The van der Waals surface area contributed by atoms with Gasteiger partial charge in [0.2, 0.25) is 0 Å². The first-order valence-electron chi connectivity index (χ1n) is 13.0. The van der Waals surface area contributed by atoms with Crippen molar-refractivity contribution in [3.63, 3.8) is 0 Å². The number of nitrogens with one attached hydrogen (secondary N) is 4. The Morgan fingerprint density at radius 2 is 1.81 bits per heavy atom. The molecule has 12 nitrogen and oxygen atoms in total. The van der Waals surface area contributed by atoms with Crippen LogP contribution in [-0.2, 0) is 10.0 Å². The van der Waals surface area contributed by atoms with Crippen molar-refractivity contribution in [1.29, 1.82) is 5.26 Å². The minimum Gasteiger partial charge on any atom is -0.497 e. The fourth-order valence-electron chi connectivity index (χ4n) is 3.89. The van der Waals surface area contributed by atoms with Gasteiger partial charge in [0, 0.05) is 25.2 Å². The van der Waals surface area contributed by atoms with E-state index in [4.69, 9.17) is 19.5 Å². The number of rotatable bonds is 14. The zero-order chi connectivity index (χ0) is 30.7. The maximum Gasteiger partial charge on any atom is 0.263 e. The first-order chi connectivity index (χ1) is 20.2. The smallest absolute Gasteiger partial charge is 0.263 e. The molecule has 1 aliphatic rings. The molecule has 2 aromatic carbocycles. The highest BCUT2D eigenvalue weighted by Crippen LogP contribution is 2.40. The lowest BCUT2D eigenvalue weighted by atomic mass is 10.2. The van der Waals surface area contributed by atoms with Crippen molar-refractivity contribution < 1.29 is 27.7 Å². The Balaban J connectivity index is 2.08. The Bertz CT molecular complexity index is 1510. The second kappa shape index (κ2) is 14.8. The van der Waals surface area contributed by atoms with E-state index in [0.29, 0.717) is 53.0 Å². The Labute approximate surface area is 246 Å². The molecule has 5 N–H and O–H groups in total. The third kappa shape index (κ3) is 7.97. The molecule has 42 heavy (non-hydrogen) atoms. The minimum atomic E-state index is -4.08. The van der Waals surface area contributed by atoms with E-state index < -0.39 is 10.0 Å². The third-order valence-corrected chi connectivity index (χ3v) is 7.47. The lowest BCUT2D eigenvalue weighted by Crippen LogP contribution is -2.42. The second-order valence-electron chi connectivity index (χ2n) is 8.97. The first kappa shape index (κ1) is 31.9. The number of benzene rings is 2. The number of aliphatic hydroxyl groups is 1. The molecule has 0 fully saturated rings. The number of aliphatic hydroxyl groups excluding tert-OH is 1. The van der Waals surface area contributed by atoms with Crippen LogP contribution in [0.25, 0.3) is 0 Å². The average molecular weight is 597 g/mol. The molecule has 1 heterocycles. The van der Waals surface area contributed by atoms with E-state index >= 15 is 0 Å². The van der Waals surface area contributed by atoms with E-state index in [1.807, 2.05) is 31.0 Å². The zero-order valence-corrected chi connectivity index (χ0v) is 24.8. The highest BCUT2D eigenvalue weighted by Gasteiger charge is 2.26. The van der Waals surface area contributed by atoms with Gasteiger partial charge in [-0.2, -0.15) is 5.26 Å². The summed E-state index contributed by atoms with van der Waals surface area (Å²) in [6.07, 6.45) is 5.09. The predicted octanol–water partition coefficient (Wildman–Crippen LogP) is 2.56. The van der Waals surface area contributed by atoms with Gasteiger partial charge in [-0.25, -0.2) is 8.42 Å². The number of hydrogen-bond donors (Lipinski definition) is 5. The monoisotopic (exact) mass is 596 g/mol. The van der Waals surface area contributed by atoms with Crippen LogP contribution in [0.15, 0.2) is 89.1 Å². The maximum atomic E-state index is 13.4. The van der Waals surface area contributed by atoms with Crippen LogP contribution in [-0.4, -0.2) is 66.0 Å². The summed E-state index contributed by atoms with van der Waals surface area (Å²) in [5.74, 6) is 1.59. The summed E-state index contributed by atoms with van der Waals surface area (Å²) >= 11 is 0. The number of likely N-dealkylation sites (N-methyl/N-ethyl adjacent to an activating group) is 1. The lowest BCUT2D eigenvalue weighted by molar-refractivity contribution is 0.190. The Kier molecular flexibility index (Phi) is 11.3. The van der Waals surface area contributed by atoms with Crippen LogP contribution in [0.3, 0.4) is 0 Å². The fourth-order valence-corrected chi connectivity index (χ4v) is 4.92. The molecule has 0 amide bonds. The number of hydrogen-bond acceptors (Lipinski definition) is 11. The Hall–Kier alpha value is -4.64. The van der Waals surface area contributed by atoms with Crippen molar-refractivity contribution in [1.82, 2.24) is 20.3 Å². The minimum absolute atomic E-state index is 0.0265. The van der Waals surface area contributed by atoms with Gasteiger partial charge >= 0.3 is 0 Å². The number of allylic oxidation sites excluding steroid dienone is 3. The van der Waals surface area contributed by atoms with Crippen molar-refractivity contribution in [2.24, 2.45) is 0 Å². The van der Waals surface area contributed by atoms with Crippen molar-refractivity contribution in [2.45, 2.75) is 11.8 Å². The van der Waals surface area contributed by atoms with Gasteiger partial charge in [0.15, 0.2) is 23.1 Å². The molecular weight excluding hydrogens is 560 g/mol. The number of nitriles is 1. The number of methoxy groups -OCH3 is 2. The van der Waals surface area contributed by atoms with Gasteiger partial charge < -0.3 is 40.2 Å². The molecule has 0 saturated heterocycles. The largest absolute Gasteiger partial charge is 0.497 e. The second-order valence-corrected chi connectivity index (χ2v) is 10.6. The highest BCUT2D eigenvalue weighted by atomic mass is 32.2. The normalized spacial score (nSPS) is 15.1. The lowest BCUT2D eigenvalue weighted by Gasteiger charge is -2.29. The van der Waals surface area contributed by atoms with E-state index in [1.165, 1.54) is 38.5 Å². The fraction of sp³-hybridized carbons (Fsp3) is 0.276.